The van der Waals surface area contributed by atoms with Gasteiger partial charge >= 0.3 is 19.8 Å². The molecule has 0 heterocycles. The summed E-state index contributed by atoms with van der Waals surface area (Å²) in [6, 6.07) is 0. The highest BCUT2D eigenvalue weighted by atomic mass is 31.2. The summed E-state index contributed by atoms with van der Waals surface area (Å²) in [6.07, 6.45) is 66.8. The molecule has 0 fully saturated rings. The van der Waals surface area contributed by atoms with Gasteiger partial charge in [0.1, 0.15) is 6.61 Å². The van der Waals surface area contributed by atoms with E-state index >= 15 is 0 Å². The summed E-state index contributed by atoms with van der Waals surface area (Å²) in [5.74, 6) is -0.826. The predicted molar refractivity (Wildman–Crippen MR) is 289 cm³/mol. The Morgan fingerprint density at radius 2 is 0.809 bits per heavy atom. The fourth-order valence-electron chi connectivity index (χ4n) is 8.28. The molecule has 0 spiro atoms. The van der Waals surface area contributed by atoms with E-state index in [1.807, 2.05) is 0 Å². The Morgan fingerprint density at radius 1 is 0.456 bits per heavy atom. The largest absolute Gasteiger partial charge is 0.472 e. The highest BCUT2D eigenvalue weighted by Gasteiger charge is 2.26. The molecule has 0 amide bonds. The van der Waals surface area contributed by atoms with E-state index in [4.69, 9.17) is 24.3 Å². The SMILES string of the molecule is CC/C=C\C/C=C\C/C=C\C/C=C\CCCCCCCCCCCCCCCCCCCCCCCCCCCCCCC(=O)OC(COC(=O)CCCCCCCC)COP(=O)(O)OCCN. The molecule has 0 bridgehead atoms. The molecule has 9 nitrogen and oxygen atoms in total. The highest BCUT2D eigenvalue weighted by Crippen LogP contribution is 2.43. The van der Waals surface area contributed by atoms with Crippen molar-refractivity contribution in [2.24, 2.45) is 5.73 Å². The molecule has 398 valence electrons. The normalized spacial score (nSPS) is 13.4. The topological polar surface area (TPSA) is 134 Å². The summed E-state index contributed by atoms with van der Waals surface area (Å²) in [7, 11) is -4.37. The quantitative estimate of drug-likeness (QED) is 0.0264. The zero-order valence-electron chi connectivity index (χ0n) is 44.3. The third-order valence-electron chi connectivity index (χ3n) is 12.5. The predicted octanol–water partition coefficient (Wildman–Crippen LogP) is 17.8. The standard InChI is InChI=1S/C58H108NO8P/c1-3-5-7-9-11-12-13-14-15-16-17-18-19-20-21-22-23-24-25-26-27-28-29-30-31-32-33-34-35-36-37-38-39-40-41-42-43-44-45-47-49-51-58(61)67-56(55-66-68(62,63)65-53-52-59)54-64-57(60)50-48-46-10-8-6-4-2/h5,7,11-12,14-15,17-18,56H,3-4,6,8-10,13,16,19-55,59H2,1-2H3,(H,62,63)/b7-5-,12-11-,15-14-,18-17-. The second-order valence-corrected chi connectivity index (χ2v) is 20.6. The summed E-state index contributed by atoms with van der Waals surface area (Å²) in [4.78, 5) is 34.7. The van der Waals surface area contributed by atoms with Gasteiger partial charge in [-0.1, -0.05) is 262 Å². The van der Waals surface area contributed by atoms with Gasteiger partial charge in [0, 0.05) is 19.4 Å². The van der Waals surface area contributed by atoms with Crippen LogP contribution in [0.25, 0.3) is 0 Å². The first kappa shape index (κ1) is 66.0. The van der Waals surface area contributed by atoms with Crippen molar-refractivity contribution >= 4 is 19.8 Å². The first-order chi connectivity index (χ1) is 33.3. The Kier molecular flexibility index (Phi) is 52.7. The van der Waals surface area contributed by atoms with E-state index in [1.54, 1.807) is 0 Å². The van der Waals surface area contributed by atoms with E-state index < -0.39 is 26.5 Å². The molecule has 3 N–H and O–H groups in total. The summed E-state index contributed by atoms with van der Waals surface area (Å²) < 4.78 is 32.7. The van der Waals surface area contributed by atoms with Crippen LogP contribution in [0.3, 0.4) is 0 Å². The van der Waals surface area contributed by atoms with Crippen molar-refractivity contribution in [2.45, 2.75) is 283 Å². The van der Waals surface area contributed by atoms with Crippen LogP contribution in [-0.4, -0.2) is 49.3 Å². The second-order valence-electron chi connectivity index (χ2n) is 19.1. The lowest BCUT2D eigenvalue weighted by molar-refractivity contribution is -0.161. The third kappa shape index (κ3) is 53.3. The van der Waals surface area contributed by atoms with Crippen LogP contribution in [0, 0.1) is 0 Å². The van der Waals surface area contributed by atoms with E-state index in [0.717, 1.165) is 64.2 Å². The molecule has 10 heteroatoms. The first-order valence-electron chi connectivity index (χ1n) is 28.6. The van der Waals surface area contributed by atoms with Crippen molar-refractivity contribution in [3.8, 4) is 0 Å². The lowest BCUT2D eigenvalue weighted by Crippen LogP contribution is -2.29. The molecular weight excluding hydrogens is 870 g/mol. The van der Waals surface area contributed by atoms with Crippen molar-refractivity contribution in [2.75, 3.05) is 26.4 Å². The first-order valence-corrected chi connectivity index (χ1v) is 30.1. The van der Waals surface area contributed by atoms with Gasteiger partial charge in [-0.05, 0) is 51.4 Å². The summed E-state index contributed by atoms with van der Waals surface area (Å²) in [5, 5.41) is 0. The van der Waals surface area contributed by atoms with Gasteiger partial charge in [0.25, 0.3) is 0 Å². The van der Waals surface area contributed by atoms with Gasteiger partial charge in [0.05, 0.1) is 13.2 Å². The van der Waals surface area contributed by atoms with Crippen molar-refractivity contribution in [1.29, 1.82) is 0 Å². The van der Waals surface area contributed by atoms with Gasteiger partial charge in [-0.25, -0.2) is 4.57 Å². The molecule has 2 unspecified atom stereocenters. The van der Waals surface area contributed by atoms with E-state index in [9.17, 15) is 19.0 Å². The van der Waals surface area contributed by atoms with E-state index in [1.165, 1.54) is 180 Å². The van der Waals surface area contributed by atoms with Gasteiger partial charge in [0.15, 0.2) is 6.10 Å². The molecule has 0 aromatic carbocycles. The van der Waals surface area contributed by atoms with Crippen molar-refractivity contribution in [1.82, 2.24) is 0 Å². The van der Waals surface area contributed by atoms with Crippen LogP contribution < -0.4 is 5.73 Å². The summed E-state index contributed by atoms with van der Waals surface area (Å²) in [6.45, 7) is 3.58. The van der Waals surface area contributed by atoms with Crippen LogP contribution in [0.5, 0.6) is 0 Å². The second kappa shape index (κ2) is 54.3. The Morgan fingerprint density at radius 3 is 1.21 bits per heavy atom. The third-order valence-corrected chi connectivity index (χ3v) is 13.5. The van der Waals surface area contributed by atoms with Gasteiger partial charge in [-0.15, -0.1) is 0 Å². The molecule has 0 aliphatic heterocycles. The summed E-state index contributed by atoms with van der Waals surface area (Å²) >= 11 is 0. The van der Waals surface area contributed by atoms with Crippen molar-refractivity contribution in [3.63, 3.8) is 0 Å². The number of carbonyl (C=O) groups is 2. The van der Waals surface area contributed by atoms with Gasteiger partial charge in [-0.3, -0.25) is 18.6 Å². The number of unbranched alkanes of at least 4 members (excludes halogenated alkanes) is 33. The molecule has 0 aromatic heterocycles. The molecule has 2 atom stereocenters. The monoisotopic (exact) mass is 978 g/mol. The highest BCUT2D eigenvalue weighted by molar-refractivity contribution is 7.47. The minimum atomic E-state index is -4.37. The van der Waals surface area contributed by atoms with Crippen LogP contribution in [0.4, 0.5) is 0 Å². The van der Waals surface area contributed by atoms with E-state index in [0.29, 0.717) is 6.42 Å². The Hall–Kier alpha value is -2.03. The molecule has 0 aliphatic rings. The molecule has 0 aliphatic carbocycles. The average molecular weight is 978 g/mol. The molecular formula is C58H108NO8P. The number of esters is 2. The number of ether oxygens (including phenoxy) is 2. The van der Waals surface area contributed by atoms with Crippen LogP contribution in [-0.2, 0) is 32.7 Å². The van der Waals surface area contributed by atoms with E-state index in [2.05, 4.69) is 62.5 Å². The average Bonchev–Trinajstić information content (AvgIpc) is 3.33. The van der Waals surface area contributed by atoms with Gasteiger partial charge in [0.2, 0.25) is 0 Å². The molecule has 0 rings (SSSR count). The minimum Gasteiger partial charge on any atom is -0.462 e. The van der Waals surface area contributed by atoms with Crippen LogP contribution >= 0.6 is 7.82 Å². The Bertz CT molecular complexity index is 1250. The minimum absolute atomic E-state index is 0.0557. The Labute approximate surface area is 419 Å². The fraction of sp³-hybridized carbons (Fsp3) is 0.828. The molecule has 0 saturated heterocycles. The lowest BCUT2D eigenvalue weighted by Gasteiger charge is -2.19. The number of rotatable bonds is 54. The summed E-state index contributed by atoms with van der Waals surface area (Å²) in [5.41, 5.74) is 5.35. The van der Waals surface area contributed by atoms with E-state index in [-0.39, 0.29) is 38.6 Å². The molecule has 0 aromatic rings. The zero-order valence-corrected chi connectivity index (χ0v) is 45.2. The lowest BCUT2D eigenvalue weighted by atomic mass is 10.0. The maximum atomic E-state index is 12.6. The number of phosphoric acid groups is 1. The number of carbonyl (C=O) groups excluding carboxylic acids is 2. The van der Waals surface area contributed by atoms with Crippen molar-refractivity contribution in [3.05, 3.63) is 48.6 Å². The van der Waals surface area contributed by atoms with Crippen LogP contribution in [0.15, 0.2) is 48.6 Å². The smallest absolute Gasteiger partial charge is 0.462 e. The molecule has 0 radical (unpaired) electrons. The molecule has 68 heavy (non-hydrogen) atoms. The number of nitrogens with two attached hydrogens (primary N) is 1. The van der Waals surface area contributed by atoms with Crippen LogP contribution in [0.1, 0.15) is 277 Å². The zero-order chi connectivity index (χ0) is 49.5. The number of allylic oxidation sites excluding steroid dienone is 8. The van der Waals surface area contributed by atoms with Gasteiger partial charge < -0.3 is 20.1 Å². The van der Waals surface area contributed by atoms with Crippen LogP contribution in [0.2, 0.25) is 0 Å². The molecule has 0 saturated carbocycles. The van der Waals surface area contributed by atoms with Crippen molar-refractivity contribution < 1.29 is 37.6 Å². The number of phosphoric ester groups is 1. The maximum absolute atomic E-state index is 12.6. The maximum Gasteiger partial charge on any atom is 0.472 e. The number of hydrogen-bond acceptors (Lipinski definition) is 8. The number of hydrogen-bond donors (Lipinski definition) is 2. The fourth-order valence-corrected chi connectivity index (χ4v) is 9.04. The van der Waals surface area contributed by atoms with Gasteiger partial charge in [-0.2, -0.15) is 0 Å². The Balaban J connectivity index is 3.60.